The molecule has 2 aliphatic heterocycles. The molecule has 1 aromatic carbocycles. The molecule has 2 fully saturated rings. The van der Waals surface area contributed by atoms with E-state index in [0.29, 0.717) is 30.8 Å². The minimum Gasteiger partial charge on any atom is -0.332 e. The number of thiocarbonyl (C=S) groups is 1. The zero-order chi connectivity index (χ0) is 19.0. The molecule has 0 aromatic heterocycles. The number of fused-ring (bicyclic) bond motifs is 1. The number of hydrogen-bond acceptors (Lipinski definition) is 5. The molecule has 1 aromatic rings. The lowest BCUT2D eigenvalue weighted by Crippen LogP contribution is -2.47. The van der Waals surface area contributed by atoms with Crippen molar-refractivity contribution in [3.8, 4) is 0 Å². The number of nitrogens with zero attached hydrogens (tertiary/aromatic N) is 1. The van der Waals surface area contributed by atoms with E-state index in [1.54, 1.807) is 4.90 Å². The Balaban J connectivity index is 1.45. The molecule has 140 valence electrons. The van der Waals surface area contributed by atoms with Crippen LogP contribution in [0.15, 0.2) is 29.8 Å². The minimum atomic E-state index is -0.592. The molecule has 3 aliphatic rings. The van der Waals surface area contributed by atoms with Crippen molar-refractivity contribution in [1.82, 2.24) is 10.2 Å². The van der Waals surface area contributed by atoms with Crippen molar-refractivity contribution >= 4 is 41.1 Å². The average Bonchev–Trinajstić information content (AvgIpc) is 3.38. The molecule has 0 bridgehead atoms. The first-order valence-corrected chi connectivity index (χ1v) is 9.81. The lowest BCUT2D eigenvalue weighted by molar-refractivity contribution is -0.138. The fourth-order valence-corrected chi connectivity index (χ4v) is 4.78. The number of rotatable bonds is 5. The maximum atomic E-state index is 13.1. The van der Waals surface area contributed by atoms with E-state index in [1.807, 2.05) is 12.1 Å². The van der Waals surface area contributed by atoms with Crippen LogP contribution in [0.1, 0.15) is 30.4 Å². The molecule has 0 spiro atoms. The smallest absolute Gasteiger partial charge is 0.227 e. The Bertz CT molecular complexity index is 848. The molecule has 5 nitrogen and oxygen atoms in total. The summed E-state index contributed by atoms with van der Waals surface area (Å²) in [4.78, 5) is 39.5. The van der Waals surface area contributed by atoms with Crippen LogP contribution in [0.25, 0.3) is 6.08 Å². The second kappa shape index (κ2) is 7.44. The molecule has 1 unspecified atom stereocenters. The third-order valence-corrected chi connectivity index (χ3v) is 6.18. The fraction of sp³-hybridized carbons (Fsp3) is 0.429. The third kappa shape index (κ3) is 3.39. The van der Waals surface area contributed by atoms with Crippen molar-refractivity contribution in [2.75, 3.05) is 13.1 Å². The standard InChI is InChI=1S/C21H22N2O3S/c24-12-16-20(18(27)11-22-16)21(26)17-6-3-7-23(17)19(25)10-13-8-14-4-1-2-5-15(14)9-13/h1-2,4-5,8,12,16-17,20,22H,3,6-7,9-11H2/t16-,17+,20?/m1/s1. The summed E-state index contributed by atoms with van der Waals surface area (Å²) in [7, 11) is 0. The minimum absolute atomic E-state index is 0.00978. The molecule has 2 heterocycles. The Kier molecular flexibility index (Phi) is 5.02. The van der Waals surface area contributed by atoms with Gasteiger partial charge < -0.3 is 15.0 Å². The quantitative estimate of drug-likeness (QED) is 0.621. The van der Waals surface area contributed by atoms with Crippen molar-refractivity contribution in [2.24, 2.45) is 5.92 Å². The highest BCUT2D eigenvalue weighted by Gasteiger charge is 2.44. The van der Waals surface area contributed by atoms with Gasteiger partial charge in [-0.15, -0.1) is 0 Å². The summed E-state index contributed by atoms with van der Waals surface area (Å²) in [5, 5.41) is 2.98. The Morgan fingerprint density at radius 3 is 2.89 bits per heavy atom. The molecule has 27 heavy (non-hydrogen) atoms. The van der Waals surface area contributed by atoms with E-state index in [2.05, 4.69) is 23.5 Å². The van der Waals surface area contributed by atoms with Gasteiger partial charge >= 0.3 is 0 Å². The molecule has 1 N–H and O–H groups in total. The number of nitrogens with one attached hydrogen (secondary N) is 1. The van der Waals surface area contributed by atoms with Crippen molar-refractivity contribution in [3.05, 3.63) is 41.0 Å². The third-order valence-electron chi connectivity index (χ3n) is 5.78. The number of Topliss-reactive ketones (excluding diaryl/α,β-unsaturated/α-hetero) is 1. The predicted octanol–water partition coefficient (Wildman–Crippen LogP) is 1.73. The van der Waals surface area contributed by atoms with Gasteiger partial charge in [-0.3, -0.25) is 9.59 Å². The predicted molar refractivity (Wildman–Crippen MR) is 106 cm³/mol. The number of aldehydes is 1. The zero-order valence-electron chi connectivity index (χ0n) is 15.0. The van der Waals surface area contributed by atoms with Crippen molar-refractivity contribution in [1.29, 1.82) is 0 Å². The molecule has 1 aliphatic carbocycles. The van der Waals surface area contributed by atoms with Gasteiger partial charge in [-0.05, 0) is 30.4 Å². The van der Waals surface area contributed by atoms with E-state index in [4.69, 9.17) is 12.2 Å². The van der Waals surface area contributed by atoms with Crippen LogP contribution in [0.2, 0.25) is 0 Å². The normalized spacial score (nSPS) is 26.8. The average molecular weight is 382 g/mol. The second-order valence-electron chi connectivity index (χ2n) is 7.49. The molecular formula is C21H22N2O3S. The summed E-state index contributed by atoms with van der Waals surface area (Å²) < 4.78 is 0. The number of benzene rings is 1. The molecule has 6 heteroatoms. The molecular weight excluding hydrogens is 360 g/mol. The molecule has 0 saturated carbocycles. The van der Waals surface area contributed by atoms with Crippen LogP contribution in [-0.2, 0) is 20.8 Å². The van der Waals surface area contributed by atoms with Crippen molar-refractivity contribution in [3.63, 3.8) is 0 Å². The number of amides is 1. The molecule has 3 atom stereocenters. The highest BCUT2D eigenvalue weighted by Crippen LogP contribution is 2.30. The summed E-state index contributed by atoms with van der Waals surface area (Å²) in [6.07, 6.45) is 5.41. The lowest BCUT2D eigenvalue weighted by atomic mass is 9.90. The lowest BCUT2D eigenvalue weighted by Gasteiger charge is -2.27. The van der Waals surface area contributed by atoms with Crippen molar-refractivity contribution in [2.45, 2.75) is 37.8 Å². The molecule has 4 rings (SSSR count). The highest BCUT2D eigenvalue weighted by atomic mass is 32.1. The molecule has 0 radical (unpaired) electrons. The largest absolute Gasteiger partial charge is 0.332 e. The zero-order valence-corrected chi connectivity index (χ0v) is 15.8. The van der Waals surface area contributed by atoms with Crippen LogP contribution < -0.4 is 5.32 Å². The highest BCUT2D eigenvalue weighted by molar-refractivity contribution is 7.80. The maximum Gasteiger partial charge on any atom is 0.227 e. The van der Waals surface area contributed by atoms with E-state index < -0.39 is 18.0 Å². The molecule has 2 saturated heterocycles. The Labute approximate surface area is 163 Å². The van der Waals surface area contributed by atoms with E-state index in [0.717, 1.165) is 24.7 Å². The maximum absolute atomic E-state index is 13.1. The van der Waals surface area contributed by atoms with Crippen LogP contribution in [0.5, 0.6) is 0 Å². The van der Waals surface area contributed by atoms with Gasteiger partial charge in [0, 0.05) is 24.4 Å². The Morgan fingerprint density at radius 2 is 2.11 bits per heavy atom. The van der Waals surface area contributed by atoms with Crippen molar-refractivity contribution < 1.29 is 14.4 Å². The van der Waals surface area contributed by atoms with Gasteiger partial charge in [-0.25, -0.2) is 0 Å². The number of carbonyl (C=O) groups is 3. The van der Waals surface area contributed by atoms with Gasteiger partial charge in [0.25, 0.3) is 0 Å². The summed E-state index contributed by atoms with van der Waals surface area (Å²) in [6, 6.07) is 7.12. The SMILES string of the molecule is O=C[C@H]1NCC(=S)C1C(=O)[C@@H]1CCCN1C(=O)CC1=Cc2ccccc2C1. The second-order valence-corrected chi connectivity index (χ2v) is 8.01. The van der Waals surface area contributed by atoms with E-state index >= 15 is 0 Å². The van der Waals surface area contributed by atoms with Crippen LogP contribution in [0.4, 0.5) is 0 Å². The van der Waals surface area contributed by atoms with Gasteiger partial charge in [0.05, 0.1) is 18.0 Å². The Morgan fingerprint density at radius 1 is 1.30 bits per heavy atom. The van der Waals surface area contributed by atoms with E-state index in [-0.39, 0.29) is 11.7 Å². The Hall–Kier alpha value is -2.18. The van der Waals surface area contributed by atoms with Gasteiger partial charge in [0.2, 0.25) is 5.91 Å². The number of hydrogen-bond donors (Lipinski definition) is 1. The van der Waals surface area contributed by atoms with Gasteiger partial charge in [-0.1, -0.05) is 48.1 Å². The van der Waals surface area contributed by atoms with Gasteiger partial charge in [-0.2, -0.15) is 0 Å². The summed E-state index contributed by atoms with van der Waals surface area (Å²) in [6.45, 7) is 0.995. The van der Waals surface area contributed by atoms with Gasteiger partial charge in [0.1, 0.15) is 6.29 Å². The first-order valence-electron chi connectivity index (χ1n) is 9.40. The van der Waals surface area contributed by atoms with Gasteiger partial charge in [0.15, 0.2) is 5.78 Å². The summed E-state index contributed by atoms with van der Waals surface area (Å²) >= 11 is 5.30. The fourth-order valence-electron chi connectivity index (χ4n) is 4.44. The first-order chi connectivity index (χ1) is 13.1. The topological polar surface area (TPSA) is 66.5 Å². The monoisotopic (exact) mass is 382 g/mol. The van der Waals surface area contributed by atoms with E-state index in [1.165, 1.54) is 11.1 Å². The van der Waals surface area contributed by atoms with Crippen LogP contribution in [0, 0.1) is 5.92 Å². The van der Waals surface area contributed by atoms with Crippen LogP contribution in [0.3, 0.4) is 0 Å². The summed E-state index contributed by atoms with van der Waals surface area (Å²) in [5.74, 6) is -0.688. The summed E-state index contributed by atoms with van der Waals surface area (Å²) in [5.41, 5.74) is 3.50. The number of carbonyl (C=O) groups excluding carboxylic acids is 3. The van der Waals surface area contributed by atoms with Crippen LogP contribution >= 0.6 is 12.2 Å². The van der Waals surface area contributed by atoms with E-state index in [9.17, 15) is 14.4 Å². The first kappa shape index (κ1) is 18.2. The molecule has 1 amide bonds. The number of likely N-dealkylation sites (tertiary alicyclic amines) is 1. The number of ketones is 1. The van der Waals surface area contributed by atoms with Crippen LogP contribution in [-0.4, -0.2) is 52.9 Å².